The summed E-state index contributed by atoms with van der Waals surface area (Å²) in [6.07, 6.45) is 1.42. The second-order valence-electron chi connectivity index (χ2n) is 7.08. The molecule has 0 atom stereocenters. The first-order valence-corrected chi connectivity index (χ1v) is 12.0. The van der Waals surface area contributed by atoms with Crippen molar-refractivity contribution < 1.29 is 24.0 Å². The topological polar surface area (TPSA) is 132 Å². The van der Waals surface area contributed by atoms with Crippen LogP contribution in [0, 0.1) is 13.7 Å². The van der Waals surface area contributed by atoms with Gasteiger partial charge in [-0.05, 0) is 71.5 Å². The monoisotopic (exact) mass is 622 g/mol. The van der Waals surface area contributed by atoms with Crippen molar-refractivity contribution in [1.82, 2.24) is 5.43 Å². The number of nitro groups is 1. The quantitative estimate of drug-likeness (QED) is 0.141. The van der Waals surface area contributed by atoms with E-state index in [1.165, 1.54) is 30.5 Å². The molecule has 0 saturated carbocycles. The number of carbonyl (C=O) groups excluding carboxylic acids is 2. The summed E-state index contributed by atoms with van der Waals surface area (Å²) in [5, 5.41) is 17.8. The average Bonchev–Trinajstić information content (AvgIpc) is 2.85. The van der Waals surface area contributed by atoms with E-state index < -0.39 is 10.8 Å². The van der Waals surface area contributed by atoms with E-state index in [4.69, 9.17) is 21.1 Å². The van der Waals surface area contributed by atoms with E-state index in [1.54, 1.807) is 36.4 Å². The van der Waals surface area contributed by atoms with Gasteiger partial charge in [0.05, 0.1) is 32.0 Å². The van der Waals surface area contributed by atoms with Crippen LogP contribution >= 0.6 is 34.2 Å². The molecule has 10 nitrogen and oxygen atoms in total. The van der Waals surface area contributed by atoms with E-state index >= 15 is 0 Å². The summed E-state index contributed by atoms with van der Waals surface area (Å²) in [6, 6.07) is 15.4. The molecule has 0 aliphatic rings. The molecule has 0 aliphatic carbocycles. The zero-order chi connectivity index (χ0) is 26.1. The molecule has 3 rings (SSSR count). The fourth-order valence-electron chi connectivity index (χ4n) is 2.92. The molecule has 0 aromatic heterocycles. The number of halogens is 2. The highest BCUT2D eigenvalue weighted by atomic mass is 127. The van der Waals surface area contributed by atoms with Gasteiger partial charge in [-0.2, -0.15) is 5.10 Å². The first kappa shape index (κ1) is 26.9. The van der Waals surface area contributed by atoms with Crippen LogP contribution in [0.1, 0.15) is 22.8 Å². The maximum atomic E-state index is 12.3. The molecule has 2 amide bonds. The summed E-state index contributed by atoms with van der Waals surface area (Å²) < 4.78 is 12.1. The van der Waals surface area contributed by atoms with E-state index in [2.05, 4.69) is 15.8 Å². The van der Waals surface area contributed by atoms with Crippen LogP contribution in [0.4, 0.5) is 11.4 Å². The third-order valence-electron chi connectivity index (χ3n) is 4.55. The minimum absolute atomic E-state index is 0.114. The lowest BCUT2D eigenvalue weighted by molar-refractivity contribution is -0.384. The zero-order valence-electron chi connectivity index (χ0n) is 18.9. The molecule has 0 saturated heterocycles. The largest absolute Gasteiger partial charge is 0.490 e. The lowest BCUT2D eigenvalue weighted by atomic mass is 10.2. The second kappa shape index (κ2) is 12.8. The Morgan fingerprint density at radius 1 is 1.14 bits per heavy atom. The molecular weight excluding hydrogens is 603 g/mol. The molecule has 0 unspecified atom stereocenters. The van der Waals surface area contributed by atoms with Crippen LogP contribution in [0.25, 0.3) is 0 Å². The van der Waals surface area contributed by atoms with Gasteiger partial charge in [-0.3, -0.25) is 19.7 Å². The molecule has 0 heterocycles. The molecule has 36 heavy (non-hydrogen) atoms. The molecule has 3 aromatic carbocycles. The van der Waals surface area contributed by atoms with E-state index in [0.29, 0.717) is 37.9 Å². The number of nitrogens with one attached hydrogen (secondary N) is 2. The lowest BCUT2D eigenvalue weighted by Crippen LogP contribution is -2.21. The number of hydrogen-bond acceptors (Lipinski definition) is 7. The molecule has 3 aromatic rings. The Labute approximate surface area is 224 Å². The van der Waals surface area contributed by atoms with E-state index in [9.17, 15) is 19.7 Å². The number of carbonyl (C=O) groups is 2. The summed E-state index contributed by atoms with van der Waals surface area (Å²) in [5.41, 5.74) is 3.57. The summed E-state index contributed by atoms with van der Waals surface area (Å²) >= 11 is 8.12. The van der Waals surface area contributed by atoms with Crippen LogP contribution in [0.15, 0.2) is 65.8 Å². The molecule has 2 N–H and O–H groups in total. The van der Waals surface area contributed by atoms with Crippen molar-refractivity contribution in [3.05, 3.63) is 90.5 Å². The van der Waals surface area contributed by atoms with Crippen LogP contribution in [0.3, 0.4) is 0 Å². The number of para-hydroxylation sites is 1. The van der Waals surface area contributed by atoms with Gasteiger partial charge in [-0.1, -0.05) is 23.7 Å². The highest BCUT2D eigenvalue weighted by molar-refractivity contribution is 14.1. The Bertz CT molecular complexity index is 1300. The Morgan fingerprint density at radius 2 is 1.86 bits per heavy atom. The molecule has 0 bridgehead atoms. The summed E-state index contributed by atoms with van der Waals surface area (Å²) in [6.45, 7) is 1.90. The normalized spacial score (nSPS) is 10.6. The van der Waals surface area contributed by atoms with Crippen molar-refractivity contribution in [3.8, 4) is 11.5 Å². The highest BCUT2D eigenvalue weighted by Gasteiger charge is 2.15. The first-order chi connectivity index (χ1) is 17.3. The lowest BCUT2D eigenvalue weighted by Gasteiger charge is -2.15. The van der Waals surface area contributed by atoms with Crippen LogP contribution in [0.5, 0.6) is 11.5 Å². The van der Waals surface area contributed by atoms with Crippen molar-refractivity contribution in [2.45, 2.75) is 6.92 Å². The number of nitro benzene ring substituents is 1. The number of rotatable bonds is 10. The van der Waals surface area contributed by atoms with Gasteiger partial charge in [-0.15, -0.1) is 0 Å². The number of ether oxygens (including phenoxy) is 2. The van der Waals surface area contributed by atoms with E-state index in [1.807, 2.05) is 29.5 Å². The number of hydrazone groups is 1. The van der Waals surface area contributed by atoms with Crippen LogP contribution in [-0.2, 0) is 4.79 Å². The maximum Gasteiger partial charge on any atom is 0.271 e. The third kappa shape index (κ3) is 7.39. The minimum atomic E-state index is -0.546. The fraction of sp³-hybridized carbons (Fsp3) is 0.125. The molecule has 12 heteroatoms. The highest BCUT2D eigenvalue weighted by Crippen LogP contribution is 2.34. The Kier molecular flexibility index (Phi) is 9.59. The van der Waals surface area contributed by atoms with Gasteiger partial charge >= 0.3 is 0 Å². The summed E-state index contributed by atoms with van der Waals surface area (Å²) in [4.78, 5) is 34.7. The SMILES string of the molecule is CCOc1cc(/C=N/NC(=O)c2ccc([N+](=O)[O-])cc2)cc(I)c1OCC(=O)Nc1ccccc1Cl. The standard InChI is InChI=1S/C24H20ClIN4O6/c1-2-35-21-12-15(13-27-29-24(32)16-7-9-17(10-8-16)30(33)34)11-19(26)23(21)36-14-22(31)28-20-6-4-3-5-18(20)25/h3-13H,2,14H2,1H3,(H,28,31)(H,29,32)/b27-13+. The van der Waals surface area contributed by atoms with E-state index in [-0.39, 0.29) is 23.8 Å². The molecule has 0 spiro atoms. The zero-order valence-corrected chi connectivity index (χ0v) is 21.8. The van der Waals surface area contributed by atoms with Gasteiger partial charge in [0, 0.05) is 17.7 Å². The van der Waals surface area contributed by atoms with Gasteiger partial charge in [0.1, 0.15) is 0 Å². The average molecular weight is 623 g/mol. The van der Waals surface area contributed by atoms with Gasteiger partial charge < -0.3 is 14.8 Å². The summed E-state index contributed by atoms with van der Waals surface area (Å²) in [7, 11) is 0. The fourth-order valence-corrected chi connectivity index (χ4v) is 3.88. The maximum absolute atomic E-state index is 12.3. The number of nitrogens with zero attached hydrogens (tertiary/aromatic N) is 2. The Hall–Kier alpha value is -3.71. The van der Waals surface area contributed by atoms with Gasteiger partial charge in [0.2, 0.25) is 0 Å². The first-order valence-electron chi connectivity index (χ1n) is 10.5. The molecule has 0 radical (unpaired) electrons. The number of amides is 2. The summed E-state index contributed by atoms with van der Waals surface area (Å²) in [5.74, 6) is -0.122. The Balaban J connectivity index is 1.66. The molecule has 186 valence electrons. The predicted molar refractivity (Wildman–Crippen MR) is 144 cm³/mol. The van der Waals surface area contributed by atoms with E-state index in [0.717, 1.165) is 0 Å². The Morgan fingerprint density at radius 3 is 2.53 bits per heavy atom. The van der Waals surface area contributed by atoms with Crippen molar-refractivity contribution in [2.24, 2.45) is 5.10 Å². The van der Waals surface area contributed by atoms with Crippen LogP contribution < -0.4 is 20.2 Å². The van der Waals surface area contributed by atoms with Crippen LogP contribution in [-0.4, -0.2) is 36.2 Å². The number of anilines is 1. The molecule has 0 fully saturated rings. The second-order valence-corrected chi connectivity index (χ2v) is 8.65. The number of benzene rings is 3. The van der Waals surface area contributed by atoms with Crippen molar-refractivity contribution >= 4 is 63.6 Å². The van der Waals surface area contributed by atoms with Crippen molar-refractivity contribution in [2.75, 3.05) is 18.5 Å². The molecular formula is C24H20ClIN4O6. The number of non-ortho nitro benzene ring substituents is 1. The van der Waals surface area contributed by atoms with Crippen LogP contribution in [0.2, 0.25) is 5.02 Å². The smallest absolute Gasteiger partial charge is 0.271 e. The van der Waals surface area contributed by atoms with Gasteiger partial charge in [-0.25, -0.2) is 5.43 Å². The van der Waals surface area contributed by atoms with Crippen molar-refractivity contribution in [3.63, 3.8) is 0 Å². The van der Waals surface area contributed by atoms with Crippen molar-refractivity contribution in [1.29, 1.82) is 0 Å². The minimum Gasteiger partial charge on any atom is -0.490 e. The number of hydrogen-bond donors (Lipinski definition) is 2. The van der Waals surface area contributed by atoms with Gasteiger partial charge in [0.15, 0.2) is 18.1 Å². The predicted octanol–water partition coefficient (Wildman–Crippen LogP) is 5.03. The third-order valence-corrected chi connectivity index (χ3v) is 5.68. The van der Waals surface area contributed by atoms with Gasteiger partial charge in [0.25, 0.3) is 17.5 Å². The molecule has 0 aliphatic heterocycles.